The van der Waals surface area contributed by atoms with Gasteiger partial charge < -0.3 is 14.8 Å². The Morgan fingerprint density at radius 2 is 1.82 bits per heavy atom. The van der Waals surface area contributed by atoms with Gasteiger partial charge in [-0.2, -0.15) is 0 Å². The molecule has 0 unspecified atom stereocenters. The van der Waals surface area contributed by atoms with Gasteiger partial charge >= 0.3 is 11.9 Å². The van der Waals surface area contributed by atoms with Gasteiger partial charge in [0.25, 0.3) is 5.56 Å². The van der Waals surface area contributed by atoms with E-state index < -0.39 is 23.4 Å². The first-order valence-corrected chi connectivity index (χ1v) is 13.2. The molecular formula is C26H24N4O6S2. The van der Waals surface area contributed by atoms with E-state index in [2.05, 4.69) is 21.9 Å². The van der Waals surface area contributed by atoms with E-state index in [1.54, 1.807) is 13.8 Å². The number of rotatable bonds is 10. The minimum atomic E-state index is -0.561. The van der Waals surface area contributed by atoms with Crippen molar-refractivity contribution in [3.05, 3.63) is 86.2 Å². The van der Waals surface area contributed by atoms with Crippen molar-refractivity contribution in [1.82, 2.24) is 14.5 Å². The molecule has 0 saturated carbocycles. The second-order valence-electron chi connectivity index (χ2n) is 8.15. The Kier molecular flexibility index (Phi) is 8.44. The lowest BCUT2D eigenvalue weighted by atomic mass is 10.2. The van der Waals surface area contributed by atoms with E-state index >= 15 is 0 Å². The van der Waals surface area contributed by atoms with Crippen LogP contribution in [0.25, 0.3) is 10.2 Å². The van der Waals surface area contributed by atoms with Gasteiger partial charge in [0.15, 0.2) is 5.13 Å². The number of aryl methyl sites for hydroxylation is 2. The van der Waals surface area contributed by atoms with Crippen LogP contribution in [0.15, 0.2) is 54.1 Å². The van der Waals surface area contributed by atoms with Crippen molar-refractivity contribution in [1.29, 1.82) is 0 Å². The van der Waals surface area contributed by atoms with Gasteiger partial charge in [0.1, 0.15) is 27.7 Å². The van der Waals surface area contributed by atoms with Gasteiger partial charge in [0, 0.05) is 6.42 Å². The van der Waals surface area contributed by atoms with Crippen molar-refractivity contribution in [3.63, 3.8) is 0 Å². The van der Waals surface area contributed by atoms with Crippen molar-refractivity contribution < 1.29 is 23.9 Å². The molecule has 10 nitrogen and oxygen atoms in total. The van der Waals surface area contributed by atoms with Crippen LogP contribution in [-0.4, -0.2) is 45.6 Å². The number of ether oxygens (including phenoxy) is 2. The first-order valence-electron chi connectivity index (χ1n) is 11.5. The van der Waals surface area contributed by atoms with Crippen LogP contribution in [0.5, 0.6) is 0 Å². The predicted molar refractivity (Wildman–Crippen MR) is 145 cm³/mol. The highest BCUT2D eigenvalue weighted by molar-refractivity contribution is 7.20. The summed E-state index contributed by atoms with van der Waals surface area (Å²) in [6.07, 6.45) is 3.29. The zero-order valence-corrected chi connectivity index (χ0v) is 22.3. The molecule has 0 fully saturated rings. The number of nitrogens with one attached hydrogen (secondary N) is 1. The highest BCUT2D eigenvalue weighted by Gasteiger charge is 2.22. The number of hydrogen-bond acceptors (Lipinski definition) is 10. The second-order valence-corrected chi connectivity index (χ2v) is 10.2. The van der Waals surface area contributed by atoms with Crippen molar-refractivity contribution >= 4 is 55.9 Å². The highest BCUT2D eigenvalue weighted by Crippen LogP contribution is 2.28. The third kappa shape index (κ3) is 6.03. The van der Waals surface area contributed by atoms with E-state index in [0.717, 1.165) is 32.8 Å². The summed E-state index contributed by atoms with van der Waals surface area (Å²) in [5, 5.41) is 3.06. The van der Waals surface area contributed by atoms with Gasteiger partial charge in [-0.15, -0.1) is 11.3 Å². The third-order valence-electron chi connectivity index (χ3n) is 5.44. The van der Waals surface area contributed by atoms with Crippen molar-refractivity contribution in [2.45, 2.75) is 26.8 Å². The number of esters is 2. The van der Waals surface area contributed by atoms with Crippen LogP contribution in [0.2, 0.25) is 0 Å². The van der Waals surface area contributed by atoms with E-state index in [-0.39, 0.29) is 35.2 Å². The number of fused-ring (bicyclic) bond motifs is 1. The molecule has 1 N–H and O–H groups in total. The summed E-state index contributed by atoms with van der Waals surface area (Å²) in [5.41, 5.74) is 1.47. The lowest BCUT2D eigenvalue weighted by Gasteiger charge is -2.05. The quantitative estimate of drug-likeness (QED) is 0.232. The average molecular weight is 553 g/mol. The number of anilines is 1. The Labute approximate surface area is 225 Å². The van der Waals surface area contributed by atoms with Crippen LogP contribution in [0, 0.1) is 13.8 Å². The number of nitrogens with zero attached hydrogens (tertiary/aromatic N) is 3. The lowest BCUT2D eigenvalue weighted by molar-refractivity contribution is -0.116. The molecule has 4 rings (SSSR count). The zero-order valence-electron chi connectivity index (χ0n) is 20.7. The maximum absolute atomic E-state index is 13.1. The molecule has 4 aromatic rings. The highest BCUT2D eigenvalue weighted by atomic mass is 32.1. The molecule has 38 heavy (non-hydrogen) atoms. The molecule has 0 aliphatic heterocycles. The Morgan fingerprint density at radius 1 is 1.08 bits per heavy atom. The number of amides is 1. The van der Waals surface area contributed by atoms with Crippen LogP contribution in [0.1, 0.15) is 36.2 Å². The number of thiazole rings is 1. The molecule has 0 aliphatic rings. The Hall–Kier alpha value is -4.16. The summed E-state index contributed by atoms with van der Waals surface area (Å²) in [5.74, 6) is -1.61. The summed E-state index contributed by atoms with van der Waals surface area (Å²) in [6.45, 7) is 6.72. The SMILES string of the molecule is C=CCOC(=O)c1sc(NC(=O)Cn2cnc3sc(C(=O)OCCc4ccccc4)c(C)c3c2=O)nc1C. The van der Waals surface area contributed by atoms with Gasteiger partial charge in [-0.25, -0.2) is 19.6 Å². The molecule has 196 valence electrons. The third-order valence-corrected chi connectivity index (χ3v) is 7.68. The number of hydrogen-bond donors (Lipinski definition) is 1. The molecule has 12 heteroatoms. The van der Waals surface area contributed by atoms with Crippen molar-refractivity contribution in [3.8, 4) is 0 Å². The molecule has 0 radical (unpaired) electrons. The van der Waals surface area contributed by atoms with Crippen LogP contribution in [-0.2, 0) is 27.2 Å². The first kappa shape index (κ1) is 26.9. The molecule has 0 aliphatic carbocycles. The smallest absolute Gasteiger partial charge is 0.350 e. The Morgan fingerprint density at radius 3 is 2.55 bits per heavy atom. The number of carbonyl (C=O) groups is 3. The van der Waals surface area contributed by atoms with Crippen LogP contribution < -0.4 is 10.9 Å². The van der Waals surface area contributed by atoms with E-state index in [1.165, 1.54) is 12.4 Å². The number of benzene rings is 1. The molecule has 1 aromatic carbocycles. The van der Waals surface area contributed by atoms with Gasteiger partial charge in [0.2, 0.25) is 5.91 Å². The number of carbonyl (C=O) groups excluding carboxylic acids is 3. The minimum absolute atomic E-state index is 0.0609. The summed E-state index contributed by atoms with van der Waals surface area (Å²) in [4.78, 5) is 59.9. The summed E-state index contributed by atoms with van der Waals surface area (Å²) >= 11 is 2.05. The molecule has 0 saturated heterocycles. The molecule has 3 heterocycles. The van der Waals surface area contributed by atoms with Crippen molar-refractivity contribution in [2.24, 2.45) is 0 Å². The normalized spacial score (nSPS) is 10.8. The number of aromatic nitrogens is 3. The average Bonchev–Trinajstić information content (AvgIpc) is 3.44. The van der Waals surface area contributed by atoms with Gasteiger partial charge in [-0.1, -0.05) is 54.3 Å². The predicted octanol–water partition coefficient (Wildman–Crippen LogP) is 3.91. The standard InChI is InChI=1S/C26H24N4O6S2/c1-4-11-35-25(34)21-16(3)28-26(38-21)29-18(31)13-30-14-27-22-19(23(30)32)15(2)20(37-22)24(33)36-12-10-17-8-6-5-7-9-17/h4-9,14H,1,10-13H2,2-3H3,(H,28,29,31). The van der Waals surface area contributed by atoms with E-state index in [4.69, 9.17) is 9.47 Å². The second kappa shape index (κ2) is 11.9. The maximum atomic E-state index is 13.1. The molecule has 0 spiro atoms. The first-order chi connectivity index (χ1) is 18.3. The molecule has 1 amide bonds. The van der Waals surface area contributed by atoms with Crippen LogP contribution in [0.4, 0.5) is 5.13 Å². The largest absolute Gasteiger partial charge is 0.461 e. The summed E-state index contributed by atoms with van der Waals surface area (Å²) in [6, 6.07) is 9.66. The van der Waals surface area contributed by atoms with Gasteiger partial charge in [0.05, 0.1) is 24.0 Å². The number of thiophene rings is 1. The van der Waals surface area contributed by atoms with E-state index in [1.807, 2.05) is 30.3 Å². The Bertz CT molecular complexity index is 1570. The molecular weight excluding hydrogens is 528 g/mol. The van der Waals surface area contributed by atoms with E-state index in [0.29, 0.717) is 27.4 Å². The fraction of sp³-hybridized carbons (Fsp3) is 0.231. The van der Waals surface area contributed by atoms with Crippen LogP contribution in [0.3, 0.4) is 0 Å². The molecule has 0 bridgehead atoms. The summed E-state index contributed by atoms with van der Waals surface area (Å²) < 4.78 is 11.6. The van der Waals surface area contributed by atoms with Gasteiger partial charge in [-0.05, 0) is 25.0 Å². The lowest BCUT2D eigenvalue weighted by Crippen LogP contribution is -2.27. The monoisotopic (exact) mass is 552 g/mol. The van der Waals surface area contributed by atoms with Gasteiger partial charge in [-0.3, -0.25) is 14.2 Å². The fourth-order valence-corrected chi connectivity index (χ4v) is 5.50. The fourth-order valence-electron chi connectivity index (χ4n) is 3.59. The topological polar surface area (TPSA) is 129 Å². The molecule has 3 aromatic heterocycles. The minimum Gasteiger partial charge on any atom is -0.461 e. The van der Waals surface area contributed by atoms with Crippen molar-refractivity contribution in [2.75, 3.05) is 18.5 Å². The Balaban J connectivity index is 1.44. The molecule has 0 atom stereocenters. The zero-order chi connectivity index (χ0) is 27.2. The van der Waals surface area contributed by atoms with E-state index in [9.17, 15) is 19.2 Å². The summed E-state index contributed by atoms with van der Waals surface area (Å²) in [7, 11) is 0. The van der Waals surface area contributed by atoms with Crippen LogP contribution >= 0.6 is 22.7 Å². The maximum Gasteiger partial charge on any atom is 0.350 e.